The van der Waals surface area contributed by atoms with Gasteiger partial charge in [0, 0.05) is 33.5 Å². The Morgan fingerprint density at radius 2 is 1.25 bits per heavy atom. The highest BCUT2D eigenvalue weighted by molar-refractivity contribution is 7.72. The third kappa shape index (κ3) is 17.8. The first-order chi connectivity index (χ1) is 11.7. The Morgan fingerprint density at radius 1 is 0.792 bits per heavy atom. The van der Waals surface area contributed by atoms with Crippen LogP contribution in [0.2, 0.25) is 0 Å². The first-order valence-electron chi connectivity index (χ1n) is 7.94. The van der Waals surface area contributed by atoms with Crippen molar-refractivity contribution in [1.29, 1.82) is 0 Å². The number of ether oxygens (including phenoxy) is 5. The lowest BCUT2D eigenvalue weighted by Gasteiger charge is -2.07. The highest BCUT2D eigenvalue weighted by atomic mass is 32.2. The molecule has 10 heteroatoms. The molecule has 0 unspecified atom stereocenters. The fourth-order valence-electron chi connectivity index (χ4n) is 1.51. The van der Waals surface area contributed by atoms with Crippen molar-refractivity contribution in [2.24, 2.45) is 5.73 Å². The number of nitrogens with one attached hydrogen (secondary N) is 1. The maximum atomic E-state index is 10.4. The SMILES string of the molecule is COCCCOCCOCCOCCOCCCNC(N)=S(=O)=O. The second kappa shape index (κ2) is 18.7. The Hall–Kier alpha value is -0.590. The van der Waals surface area contributed by atoms with Crippen LogP contribution in [0.5, 0.6) is 0 Å². The number of rotatable bonds is 17. The van der Waals surface area contributed by atoms with Gasteiger partial charge in [-0.1, -0.05) is 0 Å². The Morgan fingerprint density at radius 3 is 1.71 bits per heavy atom. The van der Waals surface area contributed by atoms with Gasteiger partial charge >= 0.3 is 0 Å². The molecule has 0 aliphatic rings. The van der Waals surface area contributed by atoms with Crippen molar-refractivity contribution in [3.05, 3.63) is 0 Å². The maximum absolute atomic E-state index is 10.4. The fourth-order valence-corrected chi connectivity index (χ4v) is 1.73. The normalized spacial score (nSPS) is 10.9. The molecule has 9 nitrogen and oxygen atoms in total. The molecular weight excluding hydrogens is 340 g/mol. The summed E-state index contributed by atoms with van der Waals surface area (Å²) in [5.41, 5.74) is 5.19. The van der Waals surface area contributed by atoms with Crippen LogP contribution >= 0.6 is 0 Å². The smallest absolute Gasteiger partial charge is 0.243 e. The molecular formula is C14H30N2O7S. The van der Waals surface area contributed by atoms with Gasteiger partial charge in [-0.05, 0) is 12.8 Å². The Bertz CT molecular complexity index is 396. The van der Waals surface area contributed by atoms with E-state index in [1.165, 1.54) is 0 Å². The maximum Gasteiger partial charge on any atom is 0.243 e. The highest BCUT2D eigenvalue weighted by Crippen LogP contribution is 1.86. The van der Waals surface area contributed by atoms with Crippen molar-refractivity contribution in [3.63, 3.8) is 0 Å². The van der Waals surface area contributed by atoms with Crippen molar-refractivity contribution >= 4 is 15.4 Å². The van der Waals surface area contributed by atoms with E-state index in [0.29, 0.717) is 72.4 Å². The number of hydrogen-bond acceptors (Lipinski definition) is 7. The van der Waals surface area contributed by atoms with Crippen molar-refractivity contribution in [2.75, 3.05) is 73.1 Å². The number of nitrogens with two attached hydrogens (primary N) is 1. The average Bonchev–Trinajstić information content (AvgIpc) is 2.57. The first-order valence-corrected chi connectivity index (χ1v) is 9.01. The molecule has 0 bridgehead atoms. The molecule has 0 fully saturated rings. The quantitative estimate of drug-likeness (QED) is 0.245. The molecule has 0 aromatic rings. The zero-order valence-electron chi connectivity index (χ0n) is 14.3. The van der Waals surface area contributed by atoms with E-state index in [9.17, 15) is 8.42 Å². The van der Waals surface area contributed by atoms with E-state index >= 15 is 0 Å². The summed E-state index contributed by atoms with van der Waals surface area (Å²) in [4.78, 5) is 0. The van der Waals surface area contributed by atoms with Gasteiger partial charge in [0.1, 0.15) is 0 Å². The summed E-state index contributed by atoms with van der Waals surface area (Å²) in [7, 11) is -0.712. The van der Waals surface area contributed by atoms with Crippen molar-refractivity contribution in [3.8, 4) is 0 Å². The van der Waals surface area contributed by atoms with Crippen LogP contribution in [-0.2, 0) is 34.0 Å². The predicted octanol–water partition coefficient (Wildman–Crippen LogP) is -1.01. The van der Waals surface area contributed by atoms with E-state index in [-0.39, 0.29) is 5.11 Å². The van der Waals surface area contributed by atoms with Crippen LogP contribution in [0.3, 0.4) is 0 Å². The lowest BCUT2D eigenvalue weighted by Crippen LogP contribution is -2.33. The molecule has 0 radical (unpaired) electrons. The zero-order chi connectivity index (χ0) is 17.9. The largest absolute Gasteiger partial charge is 0.385 e. The highest BCUT2D eigenvalue weighted by Gasteiger charge is 1.95. The van der Waals surface area contributed by atoms with Crippen LogP contribution in [0.15, 0.2) is 0 Å². The molecule has 0 amide bonds. The van der Waals surface area contributed by atoms with Gasteiger partial charge in [-0.3, -0.25) is 11.1 Å². The van der Waals surface area contributed by atoms with Crippen LogP contribution < -0.4 is 11.1 Å². The summed E-state index contributed by atoms with van der Waals surface area (Å²) in [6, 6.07) is 0. The Balaban J connectivity index is 3.09. The number of methoxy groups -OCH3 is 1. The second-order valence-electron chi connectivity index (χ2n) is 4.68. The van der Waals surface area contributed by atoms with Crippen LogP contribution in [0.1, 0.15) is 12.8 Å². The van der Waals surface area contributed by atoms with Crippen LogP contribution in [0.25, 0.3) is 0 Å². The molecule has 0 aliphatic heterocycles. The van der Waals surface area contributed by atoms with E-state index in [1.807, 2.05) is 0 Å². The zero-order valence-corrected chi connectivity index (χ0v) is 15.1. The molecule has 0 rings (SSSR count). The second-order valence-corrected chi connectivity index (χ2v) is 5.58. The molecule has 0 heterocycles. The van der Waals surface area contributed by atoms with Gasteiger partial charge in [0.15, 0.2) is 5.11 Å². The summed E-state index contributed by atoms with van der Waals surface area (Å²) in [5.74, 6) is 0. The molecule has 0 aromatic carbocycles. The molecule has 0 spiro atoms. The lowest BCUT2D eigenvalue weighted by atomic mass is 10.4. The summed E-state index contributed by atoms with van der Waals surface area (Å²) in [5, 5.41) is 2.32. The first kappa shape index (κ1) is 23.4. The van der Waals surface area contributed by atoms with E-state index in [1.54, 1.807) is 7.11 Å². The van der Waals surface area contributed by atoms with Gasteiger partial charge in [-0.15, -0.1) is 0 Å². The van der Waals surface area contributed by atoms with E-state index in [4.69, 9.17) is 29.4 Å². The van der Waals surface area contributed by atoms with Gasteiger partial charge in [0.05, 0.1) is 39.6 Å². The summed E-state index contributed by atoms with van der Waals surface area (Å²) in [6.07, 6.45) is 1.55. The van der Waals surface area contributed by atoms with E-state index in [0.717, 1.165) is 6.42 Å². The summed E-state index contributed by atoms with van der Waals surface area (Å²) >= 11 is 0. The van der Waals surface area contributed by atoms with Gasteiger partial charge in [-0.2, -0.15) is 8.42 Å². The fraction of sp³-hybridized carbons (Fsp3) is 0.929. The minimum Gasteiger partial charge on any atom is -0.385 e. The van der Waals surface area contributed by atoms with Crippen molar-refractivity contribution in [1.82, 2.24) is 5.32 Å². The summed E-state index contributed by atoms with van der Waals surface area (Å²) < 4.78 is 47.1. The van der Waals surface area contributed by atoms with E-state index in [2.05, 4.69) is 5.32 Å². The lowest BCUT2D eigenvalue weighted by molar-refractivity contribution is -0.00353. The standard InChI is InChI=1S/C14H30N2O7S/c1-19-5-3-7-21-9-11-23-13-12-22-10-8-20-6-2-4-16-14(15)24(17)18/h16H,2-13,15H2,1H3. The van der Waals surface area contributed by atoms with Gasteiger partial charge < -0.3 is 23.7 Å². The van der Waals surface area contributed by atoms with E-state index < -0.39 is 10.3 Å². The average molecular weight is 370 g/mol. The topological polar surface area (TPSA) is 118 Å². The monoisotopic (exact) mass is 370 g/mol. The molecule has 0 saturated heterocycles. The number of hydrogen-bond donors (Lipinski definition) is 2. The summed E-state index contributed by atoms with van der Waals surface area (Å²) in [6.45, 7) is 5.46. The van der Waals surface area contributed by atoms with Crippen molar-refractivity contribution < 1.29 is 32.1 Å². The molecule has 0 atom stereocenters. The van der Waals surface area contributed by atoms with Crippen LogP contribution in [-0.4, -0.2) is 86.6 Å². The Kier molecular flexibility index (Phi) is 18.3. The van der Waals surface area contributed by atoms with Crippen molar-refractivity contribution in [2.45, 2.75) is 12.8 Å². The molecule has 24 heavy (non-hydrogen) atoms. The molecule has 0 saturated carbocycles. The third-order valence-corrected chi connectivity index (χ3v) is 3.20. The van der Waals surface area contributed by atoms with Gasteiger partial charge in [0.25, 0.3) is 0 Å². The van der Waals surface area contributed by atoms with Gasteiger partial charge in [-0.25, -0.2) is 0 Å². The van der Waals surface area contributed by atoms with Crippen LogP contribution in [0.4, 0.5) is 0 Å². The third-order valence-electron chi connectivity index (χ3n) is 2.70. The van der Waals surface area contributed by atoms with Gasteiger partial charge in [0.2, 0.25) is 10.3 Å². The molecule has 144 valence electrons. The van der Waals surface area contributed by atoms with Crippen LogP contribution in [0, 0.1) is 0 Å². The molecule has 3 N–H and O–H groups in total. The Labute approximate surface area is 145 Å². The molecule has 0 aromatic heterocycles. The predicted molar refractivity (Wildman–Crippen MR) is 90.5 cm³/mol. The minimum absolute atomic E-state index is 0.251. The minimum atomic E-state index is -2.38. The molecule has 0 aliphatic carbocycles.